The van der Waals surface area contributed by atoms with E-state index in [0.717, 1.165) is 11.4 Å². The first-order valence-electron chi connectivity index (χ1n) is 5.36. The normalized spacial score (nSPS) is 10.2. The molecule has 2 heteroatoms. The largest absolute Gasteiger partial charge is 0.279 e. The Bertz CT molecular complexity index is 446. The summed E-state index contributed by atoms with van der Waals surface area (Å²) in [6, 6.07) is 16.2. The summed E-state index contributed by atoms with van der Waals surface area (Å²) in [6.45, 7) is 4.13. The quantitative estimate of drug-likeness (QED) is 0.611. The lowest BCUT2D eigenvalue weighted by atomic mass is 10.1. The number of hydrogen-bond acceptors (Lipinski definition) is 2. The van der Waals surface area contributed by atoms with E-state index in [1.165, 1.54) is 11.1 Å². The van der Waals surface area contributed by atoms with Crippen LogP contribution in [0.15, 0.2) is 48.5 Å². The lowest BCUT2D eigenvalue weighted by Crippen LogP contribution is -2.26. The van der Waals surface area contributed by atoms with Gasteiger partial charge in [-0.25, -0.2) is 5.84 Å². The Morgan fingerprint density at radius 3 is 1.50 bits per heavy atom. The van der Waals surface area contributed by atoms with Gasteiger partial charge in [0.25, 0.3) is 0 Å². The summed E-state index contributed by atoms with van der Waals surface area (Å²) in [5, 5.41) is 1.74. The van der Waals surface area contributed by atoms with E-state index in [9.17, 15) is 0 Å². The number of para-hydroxylation sites is 2. The Morgan fingerprint density at radius 1 is 0.750 bits per heavy atom. The van der Waals surface area contributed by atoms with Crippen LogP contribution in [-0.2, 0) is 0 Å². The van der Waals surface area contributed by atoms with Gasteiger partial charge in [-0.3, -0.25) is 5.01 Å². The first kappa shape index (κ1) is 10.7. The first-order valence-corrected chi connectivity index (χ1v) is 5.36. The van der Waals surface area contributed by atoms with Crippen LogP contribution < -0.4 is 10.9 Å². The van der Waals surface area contributed by atoms with Gasteiger partial charge in [-0.2, -0.15) is 0 Å². The third kappa shape index (κ3) is 1.92. The Labute approximate surface area is 96.3 Å². The van der Waals surface area contributed by atoms with Gasteiger partial charge in [0.2, 0.25) is 0 Å². The van der Waals surface area contributed by atoms with Crippen LogP contribution in [0.25, 0.3) is 0 Å². The van der Waals surface area contributed by atoms with Gasteiger partial charge in [-0.1, -0.05) is 36.4 Å². The van der Waals surface area contributed by atoms with Crippen LogP contribution in [0.4, 0.5) is 11.4 Å². The number of nitrogens with zero attached hydrogens (tertiary/aromatic N) is 1. The summed E-state index contributed by atoms with van der Waals surface area (Å²) in [6.07, 6.45) is 0. The maximum atomic E-state index is 6.15. The van der Waals surface area contributed by atoms with Crippen molar-refractivity contribution in [2.24, 2.45) is 5.84 Å². The Balaban J connectivity index is 2.44. The van der Waals surface area contributed by atoms with Crippen molar-refractivity contribution in [3.8, 4) is 0 Å². The van der Waals surface area contributed by atoms with E-state index in [2.05, 4.69) is 26.0 Å². The minimum absolute atomic E-state index is 1.04. The van der Waals surface area contributed by atoms with Crippen molar-refractivity contribution in [2.45, 2.75) is 13.8 Å². The SMILES string of the molecule is Cc1ccccc1N(N)c1ccccc1C. The molecule has 2 aromatic carbocycles. The lowest BCUT2D eigenvalue weighted by Gasteiger charge is -2.22. The second-order valence-corrected chi connectivity index (χ2v) is 3.94. The zero-order valence-corrected chi connectivity index (χ0v) is 9.64. The van der Waals surface area contributed by atoms with Gasteiger partial charge in [0.15, 0.2) is 0 Å². The third-order valence-electron chi connectivity index (χ3n) is 2.75. The van der Waals surface area contributed by atoms with E-state index in [-0.39, 0.29) is 0 Å². The Kier molecular flexibility index (Phi) is 2.93. The molecule has 2 rings (SSSR count). The molecule has 0 atom stereocenters. The molecule has 0 aliphatic rings. The fraction of sp³-hybridized carbons (Fsp3) is 0.143. The standard InChI is InChI=1S/C14H16N2/c1-11-7-3-5-9-13(11)16(15)14-10-6-4-8-12(14)2/h3-10H,15H2,1-2H3. The van der Waals surface area contributed by atoms with E-state index in [4.69, 9.17) is 5.84 Å². The third-order valence-corrected chi connectivity index (χ3v) is 2.75. The molecule has 0 heterocycles. The predicted molar refractivity (Wildman–Crippen MR) is 68.7 cm³/mol. The van der Waals surface area contributed by atoms with Crippen molar-refractivity contribution in [2.75, 3.05) is 5.01 Å². The average molecular weight is 212 g/mol. The van der Waals surface area contributed by atoms with Crippen molar-refractivity contribution >= 4 is 11.4 Å². The summed E-state index contributed by atoms with van der Waals surface area (Å²) < 4.78 is 0. The van der Waals surface area contributed by atoms with Gasteiger partial charge in [-0.05, 0) is 37.1 Å². The van der Waals surface area contributed by atoms with Gasteiger partial charge in [-0.15, -0.1) is 0 Å². The second-order valence-electron chi connectivity index (χ2n) is 3.94. The maximum absolute atomic E-state index is 6.15. The molecule has 82 valence electrons. The number of aryl methyl sites for hydroxylation is 2. The first-order chi connectivity index (χ1) is 7.70. The Morgan fingerprint density at radius 2 is 1.12 bits per heavy atom. The molecule has 0 radical (unpaired) electrons. The van der Waals surface area contributed by atoms with Gasteiger partial charge in [0.05, 0.1) is 11.4 Å². The predicted octanol–water partition coefficient (Wildman–Crippen LogP) is 3.32. The molecular formula is C14H16N2. The van der Waals surface area contributed by atoms with Gasteiger partial charge in [0, 0.05) is 0 Å². The highest BCUT2D eigenvalue weighted by molar-refractivity contribution is 5.67. The van der Waals surface area contributed by atoms with Crippen LogP contribution in [0, 0.1) is 13.8 Å². The number of rotatable bonds is 2. The maximum Gasteiger partial charge on any atom is 0.0604 e. The van der Waals surface area contributed by atoms with Crippen LogP contribution in [0.5, 0.6) is 0 Å². The van der Waals surface area contributed by atoms with E-state index in [1.807, 2.05) is 36.4 Å². The molecule has 16 heavy (non-hydrogen) atoms. The number of hydrogen-bond donors (Lipinski definition) is 1. The minimum Gasteiger partial charge on any atom is -0.279 e. The van der Waals surface area contributed by atoms with Gasteiger partial charge >= 0.3 is 0 Å². The zero-order valence-electron chi connectivity index (χ0n) is 9.64. The molecular weight excluding hydrogens is 196 g/mol. The van der Waals surface area contributed by atoms with Crippen molar-refractivity contribution in [1.82, 2.24) is 0 Å². The summed E-state index contributed by atoms with van der Waals surface area (Å²) >= 11 is 0. The van der Waals surface area contributed by atoms with Gasteiger partial charge < -0.3 is 0 Å². The molecule has 0 aromatic heterocycles. The van der Waals surface area contributed by atoms with Gasteiger partial charge in [0.1, 0.15) is 0 Å². The van der Waals surface area contributed by atoms with E-state index in [1.54, 1.807) is 5.01 Å². The van der Waals surface area contributed by atoms with E-state index < -0.39 is 0 Å². The molecule has 0 fully saturated rings. The van der Waals surface area contributed by atoms with Crippen molar-refractivity contribution in [3.63, 3.8) is 0 Å². The summed E-state index contributed by atoms with van der Waals surface area (Å²) in [4.78, 5) is 0. The molecule has 0 bridgehead atoms. The van der Waals surface area contributed by atoms with Crippen LogP contribution in [0.2, 0.25) is 0 Å². The summed E-state index contributed by atoms with van der Waals surface area (Å²) in [5.41, 5.74) is 4.43. The number of benzene rings is 2. The molecule has 0 unspecified atom stereocenters. The molecule has 0 saturated carbocycles. The molecule has 0 amide bonds. The molecule has 0 saturated heterocycles. The van der Waals surface area contributed by atoms with Crippen LogP contribution >= 0.6 is 0 Å². The average Bonchev–Trinajstić information content (AvgIpc) is 2.29. The molecule has 2 N–H and O–H groups in total. The minimum atomic E-state index is 1.04. The highest BCUT2D eigenvalue weighted by atomic mass is 15.4. The highest BCUT2D eigenvalue weighted by Gasteiger charge is 2.08. The molecule has 0 aliphatic heterocycles. The molecule has 0 aliphatic carbocycles. The topological polar surface area (TPSA) is 29.3 Å². The monoisotopic (exact) mass is 212 g/mol. The lowest BCUT2D eigenvalue weighted by molar-refractivity contribution is 1.06. The van der Waals surface area contributed by atoms with Crippen LogP contribution in [0.3, 0.4) is 0 Å². The number of anilines is 2. The molecule has 0 spiro atoms. The second kappa shape index (κ2) is 4.37. The van der Waals surface area contributed by atoms with E-state index in [0.29, 0.717) is 0 Å². The van der Waals surface area contributed by atoms with E-state index >= 15 is 0 Å². The smallest absolute Gasteiger partial charge is 0.0604 e. The van der Waals surface area contributed by atoms with Crippen molar-refractivity contribution < 1.29 is 0 Å². The molecule has 2 nitrogen and oxygen atoms in total. The number of hydrazine groups is 1. The number of nitrogens with two attached hydrogens (primary N) is 1. The zero-order chi connectivity index (χ0) is 11.5. The summed E-state index contributed by atoms with van der Waals surface area (Å²) in [7, 11) is 0. The highest BCUT2D eigenvalue weighted by Crippen LogP contribution is 2.26. The van der Waals surface area contributed by atoms with Crippen LogP contribution in [0.1, 0.15) is 11.1 Å². The van der Waals surface area contributed by atoms with Crippen molar-refractivity contribution in [3.05, 3.63) is 59.7 Å². The molecule has 2 aromatic rings. The fourth-order valence-electron chi connectivity index (χ4n) is 1.80. The summed E-state index contributed by atoms with van der Waals surface area (Å²) in [5.74, 6) is 6.15. The Hall–Kier alpha value is -1.80. The van der Waals surface area contributed by atoms with Crippen molar-refractivity contribution in [1.29, 1.82) is 0 Å². The van der Waals surface area contributed by atoms with Crippen LogP contribution in [-0.4, -0.2) is 0 Å². The fourth-order valence-corrected chi connectivity index (χ4v) is 1.80.